The zero-order chi connectivity index (χ0) is 15.6. The Morgan fingerprint density at radius 1 is 1.04 bits per heavy atom. The molecule has 0 atom stereocenters. The van der Waals surface area contributed by atoms with Gasteiger partial charge in [-0.3, -0.25) is 4.79 Å². The van der Waals surface area contributed by atoms with Crippen LogP contribution in [0.2, 0.25) is 0 Å². The second kappa shape index (κ2) is 5.49. The highest BCUT2D eigenvalue weighted by Crippen LogP contribution is 2.34. The number of fused-ring (bicyclic) bond motifs is 1. The van der Waals surface area contributed by atoms with Gasteiger partial charge in [0.05, 0.1) is 6.20 Å². The Morgan fingerprint density at radius 2 is 1.87 bits per heavy atom. The molecule has 4 rings (SSSR count). The highest BCUT2D eigenvalue weighted by atomic mass is 16.7. The van der Waals surface area contributed by atoms with Crippen molar-refractivity contribution in [3.05, 3.63) is 60.5 Å². The van der Waals surface area contributed by atoms with Crippen molar-refractivity contribution in [3.63, 3.8) is 0 Å². The topological polar surface area (TPSA) is 73.6 Å². The predicted molar refractivity (Wildman–Crippen MR) is 82.5 cm³/mol. The minimum atomic E-state index is -0.376. The van der Waals surface area contributed by atoms with E-state index in [2.05, 4.69) is 10.3 Å². The number of benzene rings is 2. The van der Waals surface area contributed by atoms with Gasteiger partial charge in [-0.15, -0.1) is 0 Å². The summed E-state index contributed by atoms with van der Waals surface area (Å²) < 4.78 is 16.0. The van der Waals surface area contributed by atoms with Crippen LogP contribution in [0.3, 0.4) is 0 Å². The molecule has 0 unspecified atom stereocenters. The SMILES string of the molecule is O=C(Nc1ccc2c(c1)OCO2)c1cnc(-c2ccccc2)o1. The zero-order valence-electron chi connectivity index (χ0n) is 12.0. The fraction of sp³-hybridized carbons (Fsp3) is 0.0588. The zero-order valence-corrected chi connectivity index (χ0v) is 12.0. The van der Waals surface area contributed by atoms with Gasteiger partial charge in [-0.25, -0.2) is 4.98 Å². The first-order valence-corrected chi connectivity index (χ1v) is 7.02. The van der Waals surface area contributed by atoms with Crippen molar-refractivity contribution < 1.29 is 18.7 Å². The number of nitrogens with one attached hydrogen (secondary N) is 1. The molecule has 0 fully saturated rings. The summed E-state index contributed by atoms with van der Waals surface area (Å²) in [5.41, 5.74) is 1.41. The van der Waals surface area contributed by atoms with E-state index in [0.717, 1.165) is 5.56 Å². The molecule has 0 bridgehead atoms. The standard InChI is InChI=1S/C17H12N2O4/c20-16(19-12-6-7-13-14(8-12)22-10-21-13)15-9-18-17(23-15)11-4-2-1-3-5-11/h1-9H,10H2,(H,19,20). The van der Waals surface area contributed by atoms with Crippen molar-refractivity contribution in [1.29, 1.82) is 0 Å². The third-order valence-electron chi connectivity index (χ3n) is 3.38. The largest absolute Gasteiger partial charge is 0.454 e. The van der Waals surface area contributed by atoms with Gasteiger partial charge in [-0.1, -0.05) is 18.2 Å². The van der Waals surface area contributed by atoms with Gasteiger partial charge in [-0.05, 0) is 24.3 Å². The molecule has 114 valence electrons. The van der Waals surface area contributed by atoms with Gasteiger partial charge in [0.2, 0.25) is 18.4 Å². The van der Waals surface area contributed by atoms with Crippen LogP contribution in [-0.4, -0.2) is 17.7 Å². The van der Waals surface area contributed by atoms with Crippen molar-refractivity contribution >= 4 is 11.6 Å². The Labute approximate surface area is 131 Å². The number of hydrogen-bond donors (Lipinski definition) is 1. The highest BCUT2D eigenvalue weighted by Gasteiger charge is 2.17. The van der Waals surface area contributed by atoms with E-state index in [1.54, 1.807) is 18.2 Å². The van der Waals surface area contributed by atoms with E-state index in [1.165, 1.54) is 6.20 Å². The number of oxazole rings is 1. The number of anilines is 1. The van der Waals surface area contributed by atoms with E-state index in [-0.39, 0.29) is 18.5 Å². The van der Waals surface area contributed by atoms with Gasteiger partial charge in [0.1, 0.15) is 0 Å². The van der Waals surface area contributed by atoms with E-state index in [9.17, 15) is 4.79 Å². The normalized spacial score (nSPS) is 12.2. The molecule has 0 saturated heterocycles. The lowest BCUT2D eigenvalue weighted by Gasteiger charge is -2.04. The van der Waals surface area contributed by atoms with Crippen molar-refractivity contribution in [1.82, 2.24) is 4.98 Å². The number of amides is 1. The predicted octanol–water partition coefficient (Wildman–Crippen LogP) is 3.32. The lowest BCUT2D eigenvalue weighted by Crippen LogP contribution is -2.10. The number of rotatable bonds is 3. The smallest absolute Gasteiger partial charge is 0.293 e. The minimum Gasteiger partial charge on any atom is -0.454 e. The summed E-state index contributed by atoms with van der Waals surface area (Å²) in [5.74, 6) is 1.43. The Morgan fingerprint density at radius 3 is 2.74 bits per heavy atom. The van der Waals surface area contributed by atoms with E-state index >= 15 is 0 Å². The van der Waals surface area contributed by atoms with Gasteiger partial charge in [0, 0.05) is 17.3 Å². The quantitative estimate of drug-likeness (QED) is 0.803. The maximum Gasteiger partial charge on any atom is 0.293 e. The van der Waals surface area contributed by atoms with E-state index in [4.69, 9.17) is 13.9 Å². The first-order valence-electron chi connectivity index (χ1n) is 7.02. The summed E-state index contributed by atoms with van der Waals surface area (Å²) in [4.78, 5) is 16.4. The van der Waals surface area contributed by atoms with Crippen LogP contribution < -0.4 is 14.8 Å². The third-order valence-corrected chi connectivity index (χ3v) is 3.38. The molecule has 1 aliphatic heterocycles. The summed E-state index contributed by atoms with van der Waals surface area (Å²) >= 11 is 0. The summed E-state index contributed by atoms with van der Waals surface area (Å²) in [6.45, 7) is 0.190. The maximum atomic E-state index is 12.2. The maximum absolute atomic E-state index is 12.2. The second-order valence-electron chi connectivity index (χ2n) is 4.92. The van der Waals surface area contributed by atoms with Crippen LogP contribution in [0, 0.1) is 0 Å². The van der Waals surface area contributed by atoms with Gasteiger partial charge in [0.15, 0.2) is 11.5 Å². The number of carbonyl (C=O) groups excluding carboxylic acids is 1. The Hall–Kier alpha value is -3.28. The average Bonchev–Trinajstić information content (AvgIpc) is 3.24. The van der Waals surface area contributed by atoms with Crippen LogP contribution in [0.1, 0.15) is 10.6 Å². The Bertz CT molecular complexity index is 858. The summed E-state index contributed by atoms with van der Waals surface area (Å²) in [6.07, 6.45) is 1.41. The van der Waals surface area contributed by atoms with E-state index in [1.807, 2.05) is 30.3 Å². The summed E-state index contributed by atoms with van der Waals surface area (Å²) in [5, 5.41) is 2.74. The fourth-order valence-corrected chi connectivity index (χ4v) is 2.26. The molecule has 6 heteroatoms. The molecule has 1 aliphatic rings. The monoisotopic (exact) mass is 308 g/mol. The lowest BCUT2D eigenvalue weighted by atomic mass is 10.2. The average molecular weight is 308 g/mol. The lowest BCUT2D eigenvalue weighted by molar-refractivity contribution is 0.0997. The number of nitrogens with zero attached hydrogens (tertiary/aromatic N) is 1. The third kappa shape index (κ3) is 2.62. The first kappa shape index (κ1) is 13.4. The van der Waals surface area contributed by atoms with Crippen LogP contribution in [0.4, 0.5) is 5.69 Å². The first-order chi connectivity index (χ1) is 11.3. The molecule has 23 heavy (non-hydrogen) atoms. The van der Waals surface area contributed by atoms with Crippen LogP contribution in [0.15, 0.2) is 59.1 Å². The van der Waals surface area contributed by atoms with Gasteiger partial charge < -0.3 is 19.2 Å². The van der Waals surface area contributed by atoms with Crippen LogP contribution in [0.25, 0.3) is 11.5 Å². The number of carbonyl (C=O) groups is 1. The molecule has 1 amide bonds. The molecule has 2 aromatic carbocycles. The highest BCUT2D eigenvalue weighted by molar-refractivity contribution is 6.02. The molecule has 6 nitrogen and oxygen atoms in total. The van der Waals surface area contributed by atoms with Gasteiger partial charge in [-0.2, -0.15) is 0 Å². The van der Waals surface area contributed by atoms with E-state index in [0.29, 0.717) is 23.1 Å². The van der Waals surface area contributed by atoms with Gasteiger partial charge >= 0.3 is 0 Å². The number of aromatic nitrogens is 1. The summed E-state index contributed by atoms with van der Waals surface area (Å²) in [7, 11) is 0. The molecule has 1 N–H and O–H groups in total. The van der Waals surface area contributed by atoms with Crippen LogP contribution >= 0.6 is 0 Å². The molecule has 2 heterocycles. The molecular formula is C17H12N2O4. The van der Waals surface area contributed by atoms with Crippen molar-refractivity contribution in [2.45, 2.75) is 0 Å². The fourth-order valence-electron chi connectivity index (χ4n) is 2.26. The number of ether oxygens (including phenoxy) is 2. The van der Waals surface area contributed by atoms with Gasteiger partial charge in [0.25, 0.3) is 5.91 Å². The number of hydrogen-bond acceptors (Lipinski definition) is 5. The Balaban J connectivity index is 1.52. The second-order valence-corrected chi connectivity index (χ2v) is 4.92. The van der Waals surface area contributed by atoms with Crippen molar-refractivity contribution in [2.24, 2.45) is 0 Å². The molecule has 0 radical (unpaired) electrons. The van der Waals surface area contributed by atoms with Crippen molar-refractivity contribution in [3.8, 4) is 23.0 Å². The van der Waals surface area contributed by atoms with E-state index < -0.39 is 0 Å². The summed E-state index contributed by atoms with van der Waals surface area (Å²) in [6, 6.07) is 14.6. The molecule has 0 spiro atoms. The molecule has 0 aliphatic carbocycles. The van der Waals surface area contributed by atoms with Crippen LogP contribution in [0.5, 0.6) is 11.5 Å². The molecule has 0 saturated carbocycles. The minimum absolute atomic E-state index is 0.140. The van der Waals surface area contributed by atoms with Crippen molar-refractivity contribution in [2.75, 3.05) is 12.1 Å². The molecule has 3 aromatic rings. The molecular weight excluding hydrogens is 296 g/mol. The molecule has 1 aromatic heterocycles. The van der Waals surface area contributed by atoms with Crippen LogP contribution in [-0.2, 0) is 0 Å². The Kier molecular flexibility index (Phi) is 3.20.